The Morgan fingerprint density at radius 3 is 1.69 bits per heavy atom. The molecule has 0 aliphatic carbocycles. The van der Waals surface area contributed by atoms with E-state index in [1.54, 1.807) is 117 Å². The minimum Gasteiger partial charge on any atom is -0.497 e. The predicted molar refractivity (Wildman–Crippen MR) is 439 cm³/mol. The van der Waals surface area contributed by atoms with E-state index in [0.29, 0.717) is 38.7 Å². The van der Waals surface area contributed by atoms with Gasteiger partial charge in [-0.2, -0.15) is 0 Å². The van der Waals surface area contributed by atoms with E-state index in [4.69, 9.17) is 38.8 Å². The van der Waals surface area contributed by atoms with Gasteiger partial charge in [0.05, 0.1) is 38.9 Å². The quantitative estimate of drug-likeness (QED) is 0.0121. The average Bonchev–Trinajstić information content (AvgIpc) is 1.71. The molecule has 0 bridgehead atoms. The van der Waals surface area contributed by atoms with Crippen molar-refractivity contribution in [1.82, 2.24) is 79.0 Å². The lowest BCUT2D eigenvalue weighted by atomic mass is 9.98. The van der Waals surface area contributed by atoms with Crippen LogP contribution in [0.1, 0.15) is 121 Å². The monoisotopic (exact) mass is 1700 g/mol. The number of aryl methyl sites for hydroxylation is 1. The summed E-state index contributed by atoms with van der Waals surface area (Å²) in [5, 5.41) is 65.6. The molecule has 122 heavy (non-hydrogen) atoms. The van der Waals surface area contributed by atoms with Gasteiger partial charge >= 0.3 is 5.97 Å². The number of amides is 17. The van der Waals surface area contributed by atoms with E-state index >= 15 is 28.8 Å². The van der Waals surface area contributed by atoms with Crippen molar-refractivity contribution in [2.45, 2.75) is 203 Å². The minimum atomic E-state index is -2.08. The number of guanidine groups is 1. The van der Waals surface area contributed by atoms with Gasteiger partial charge in [-0.05, 0) is 103 Å². The number of ether oxygens (including phenoxy) is 1. The number of hydrogen-bond acceptors (Lipinski definition) is 21. The maximum absolute atomic E-state index is 15.5. The maximum atomic E-state index is 15.5. The third-order valence-corrected chi connectivity index (χ3v) is 19.5. The van der Waals surface area contributed by atoms with Gasteiger partial charge in [-0.3, -0.25) is 86.9 Å². The topological polar surface area (TPSA) is 684 Å². The number of carbonyl (C=O) groups excluding carboxylic acids is 17. The van der Waals surface area contributed by atoms with Crippen LogP contribution < -0.4 is 108 Å². The number of benzene rings is 4. The van der Waals surface area contributed by atoms with Crippen LogP contribution in [0.4, 0.5) is 0 Å². The molecule has 0 saturated carbocycles. The molecule has 1 saturated heterocycles. The highest BCUT2D eigenvalue weighted by atomic mass is 16.5. The molecule has 17 amide bonds. The molecule has 660 valence electrons. The van der Waals surface area contributed by atoms with Crippen LogP contribution in [-0.4, -0.2) is 226 Å². The number of rotatable bonds is 29. The first-order chi connectivity index (χ1) is 57.7. The number of nitrogens with one attached hydrogen (secondary N) is 15. The Labute approximate surface area is 700 Å². The molecule has 6 rings (SSSR count). The van der Waals surface area contributed by atoms with Crippen LogP contribution in [0.3, 0.4) is 0 Å². The van der Waals surface area contributed by atoms with Gasteiger partial charge in [-0.1, -0.05) is 86.6 Å². The van der Waals surface area contributed by atoms with Crippen molar-refractivity contribution < 1.29 is 101 Å². The number of carboxylic acids is 1. The van der Waals surface area contributed by atoms with E-state index < -0.39 is 242 Å². The molecule has 42 nitrogen and oxygen atoms in total. The summed E-state index contributed by atoms with van der Waals surface area (Å²) < 4.78 is 7.10. The van der Waals surface area contributed by atoms with Crippen LogP contribution in [-0.2, 0) is 113 Å². The zero-order valence-corrected chi connectivity index (χ0v) is 68.3. The summed E-state index contributed by atoms with van der Waals surface area (Å²) in [6.45, 7) is 5.05. The van der Waals surface area contributed by atoms with Crippen molar-refractivity contribution in [1.29, 1.82) is 5.41 Å². The van der Waals surface area contributed by atoms with Crippen molar-refractivity contribution in [3.05, 3.63) is 114 Å². The summed E-state index contributed by atoms with van der Waals surface area (Å²) in [5.41, 5.74) is 29.5. The lowest BCUT2D eigenvalue weighted by molar-refractivity contribution is -0.144. The minimum absolute atomic E-state index is 0.0397. The van der Waals surface area contributed by atoms with Gasteiger partial charge < -0.3 is 123 Å². The number of para-hydroxylation sites is 1. The van der Waals surface area contributed by atoms with Crippen LogP contribution in [0.5, 0.6) is 5.75 Å². The van der Waals surface area contributed by atoms with E-state index in [-0.39, 0.29) is 64.5 Å². The average molecular weight is 1700 g/mol. The Morgan fingerprint density at radius 2 is 1.11 bits per heavy atom. The third-order valence-electron chi connectivity index (χ3n) is 19.5. The number of nitrogens with two attached hydrogens (primary N) is 5. The van der Waals surface area contributed by atoms with Crippen LogP contribution in [0, 0.1) is 11.3 Å². The Hall–Kier alpha value is -13.8. The Bertz CT molecular complexity index is 4670. The molecule has 27 N–H and O–H groups in total. The van der Waals surface area contributed by atoms with Crippen molar-refractivity contribution in [2.75, 3.05) is 20.2 Å². The van der Waals surface area contributed by atoms with Gasteiger partial charge in [0.2, 0.25) is 100 Å². The molecule has 1 aromatic heterocycles. The first-order valence-electron chi connectivity index (χ1n) is 39.3. The molecule has 1 aliphatic heterocycles. The zero-order valence-electron chi connectivity index (χ0n) is 68.3. The van der Waals surface area contributed by atoms with E-state index in [1.807, 2.05) is 11.4 Å². The normalized spacial score (nSPS) is 21.4. The highest BCUT2D eigenvalue weighted by molar-refractivity contribution is 6.02. The second-order valence-corrected chi connectivity index (χ2v) is 30.0. The van der Waals surface area contributed by atoms with Crippen molar-refractivity contribution in [3.8, 4) is 5.75 Å². The molecular formula is C80H109N21O21. The number of carboxylic acid groups (broad SMARTS) is 1. The van der Waals surface area contributed by atoms with Gasteiger partial charge in [-0.15, -0.1) is 0 Å². The maximum Gasteiger partial charge on any atom is 0.326 e. The van der Waals surface area contributed by atoms with Crippen LogP contribution >= 0.6 is 0 Å². The van der Waals surface area contributed by atoms with Gasteiger partial charge in [0.1, 0.15) is 78.3 Å². The fourth-order valence-electron chi connectivity index (χ4n) is 13.4. The number of carbonyl (C=O) groups is 18. The number of fused-ring (bicyclic) bond motifs is 2. The number of aliphatic carboxylic acids is 1. The number of aliphatic hydroxyl groups is 1. The summed E-state index contributed by atoms with van der Waals surface area (Å²) in [7, 11) is 3.10. The standard InChI is InChI=1S/C80H109N21O21/c1-40(2)30-53-71(112)97-59(76(117)96-57(35-63(82)105)75(116)99-60(79(120)121)37-65(84)107)38-66(108)87-28-12-11-17-50(89-42(4)103)68(109)95-58(36-64(83)106)77(118)100-67(41(3)102)78(119)98-56(34-47-39-101(5)61-19-10-9-16-49(47)61)74(115)91-52(26-27-62(81)104)70(111)90-51(18-13-29-88-80(85)86)69(110)93-54(32-43-21-24-48(122-6)25-22-43)72(113)94-55(73(114)92-53)33-44-20-23-45-14-7-8-15-46(45)31-44/h7-10,14-16,19-25,31,39-41,50-60,67,102H,11-13,17-18,26-30,32-38H2,1-6H3,(H2,81,104)(H2,82,105)(H2,83,106)(H2,84,107)(H,87,108)(H,89,103)(H,90,111)(H,91,115)(H,92,114)(H,93,110)(H,94,113)(H,95,109)(H,96,117)(H,97,112)(H,98,119)(H,99,116)(H,100,118)(H,120,121)(H4,85,86,88)/t41-,50?,51+,52+,53+,54+,55+,56+,57+,58+,59-,60+,67?/m1/s1. The molecule has 1 fully saturated rings. The van der Waals surface area contributed by atoms with Gasteiger partial charge in [0.15, 0.2) is 5.96 Å². The molecule has 4 aromatic carbocycles. The van der Waals surface area contributed by atoms with Crippen molar-refractivity contribution in [2.24, 2.45) is 41.6 Å². The van der Waals surface area contributed by atoms with Gasteiger partial charge in [-0.25, -0.2) is 4.79 Å². The van der Waals surface area contributed by atoms with Gasteiger partial charge in [0, 0.05) is 69.8 Å². The molecule has 2 heterocycles. The Balaban J connectivity index is 1.53. The summed E-state index contributed by atoms with van der Waals surface area (Å²) in [6, 6.07) is 3.35. The molecule has 1 aliphatic rings. The second-order valence-electron chi connectivity index (χ2n) is 30.0. The number of aliphatic hydroxyl groups excluding tert-OH is 1. The number of aromatic nitrogens is 1. The van der Waals surface area contributed by atoms with Crippen LogP contribution in [0.2, 0.25) is 0 Å². The Morgan fingerprint density at radius 1 is 0.574 bits per heavy atom. The largest absolute Gasteiger partial charge is 0.497 e. The molecule has 5 aromatic rings. The number of hydrogen-bond donors (Lipinski definition) is 22. The zero-order chi connectivity index (χ0) is 90.2. The first kappa shape index (κ1) is 97.0. The smallest absolute Gasteiger partial charge is 0.326 e. The summed E-state index contributed by atoms with van der Waals surface area (Å²) in [6.07, 6.45) is -7.44. The summed E-state index contributed by atoms with van der Waals surface area (Å²) in [4.78, 5) is 252. The third kappa shape index (κ3) is 31.5. The fourth-order valence-corrected chi connectivity index (χ4v) is 13.4. The van der Waals surface area contributed by atoms with E-state index in [2.05, 4.69) is 69.1 Å². The molecule has 42 heteroatoms. The molecule has 2 unspecified atom stereocenters. The molecular weight excluding hydrogens is 1590 g/mol. The Kier molecular flexibility index (Phi) is 37.4. The van der Waals surface area contributed by atoms with E-state index in [0.717, 1.165) is 19.2 Å². The van der Waals surface area contributed by atoms with Crippen molar-refractivity contribution in [3.63, 3.8) is 0 Å². The lowest BCUT2D eigenvalue weighted by Gasteiger charge is -2.29. The molecule has 0 spiro atoms. The highest BCUT2D eigenvalue weighted by Crippen LogP contribution is 2.24. The fraction of sp³-hybridized carbons (Fsp3) is 0.463. The molecule has 0 radical (unpaired) electrons. The van der Waals surface area contributed by atoms with E-state index in [1.165, 1.54) is 7.11 Å². The summed E-state index contributed by atoms with van der Waals surface area (Å²) >= 11 is 0. The lowest BCUT2D eigenvalue weighted by Crippen LogP contribution is -2.62. The number of nitrogens with zero attached hydrogens (tertiary/aromatic N) is 1. The van der Waals surface area contributed by atoms with Crippen LogP contribution in [0.25, 0.3) is 21.7 Å². The predicted octanol–water partition coefficient (Wildman–Crippen LogP) is -5.44. The van der Waals surface area contributed by atoms with Crippen molar-refractivity contribution >= 4 is 134 Å². The SMILES string of the molecule is COc1ccc(C[C@@H]2NC(=O)[C@H](CCCNC(=N)N)NC(=O)[C@H](CCC(N)=O)NC(=O)[C@H](Cc3cn(C)c4ccccc34)NC(=O)C([C@@H](C)O)NC(=O)[C@H](CC(N)=O)NC(=O)C(NC(C)=O)CCCCNC(=O)C[C@H](C(=O)N[C@@H](CC(N)=O)C(=O)N[C@@H](CC(N)=O)C(=O)O)NC(=O)[C@H](CC(C)C)NC(=O)[C@H](Cc3ccc4ccccc4c3)NC2=O)cc1. The molecule has 13 atom stereocenters. The highest BCUT2D eigenvalue weighted by Gasteiger charge is 2.40. The summed E-state index contributed by atoms with van der Waals surface area (Å²) in [5.74, 6) is -21.8. The number of primary amides is 4. The van der Waals surface area contributed by atoms with E-state index in [9.17, 15) is 67.7 Å². The second kappa shape index (κ2) is 47.1. The van der Waals surface area contributed by atoms with Crippen LogP contribution in [0.15, 0.2) is 97.2 Å². The number of methoxy groups -OCH3 is 1. The first-order valence-corrected chi connectivity index (χ1v) is 39.3. The van der Waals surface area contributed by atoms with Gasteiger partial charge in [0.25, 0.3) is 0 Å².